The van der Waals surface area contributed by atoms with Gasteiger partial charge in [0.05, 0.1) is 17.7 Å². The van der Waals surface area contributed by atoms with Crippen molar-refractivity contribution in [2.45, 2.75) is 0 Å². The second kappa shape index (κ2) is 5.72. The first-order chi connectivity index (χ1) is 9.04. The molecule has 98 valence electrons. The van der Waals surface area contributed by atoms with E-state index in [1.165, 1.54) is 25.3 Å². The molecule has 0 heterocycles. The zero-order valence-corrected chi connectivity index (χ0v) is 12.3. The van der Waals surface area contributed by atoms with Gasteiger partial charge in [0.25, 0.3) is 0 Å². The molecule has 0 aliphatic heterocycles. The topological polar surface area (TPSA) is 26.3 Å². The Kier molecular flexibility index (Phi) is 4.22. The van der Waals surface area contributed by atoms with E-state index in [0.717, 1.165) is 0 Å². The van der Waals surface area contributed by atoms with Crippen molar-refractivity contribution >= 4 is 33.3 Å². The van der Waals surface area contributed by atoms with E-state index < -0.39 is 5.82 Å². The molecule has 2 aromatic rings. The van der Waals surface area contributed by atoms with Crippen molar-refractivity contribution in [3.63, 3.8) is 0 Å². The van der Waals surface area contributed by atoms with E-state index in [1.807, 2.05) is 0 Å². The van der Waals surface area contributed by atoms with E-state index >= 15 is 0 Å². The van der Waals surface area contributed by atoms with E-state index in [1.54, 1.807) is 18.2 Å². The highest BCUT2D eigenvalue weighted by molar-refractivity contribution is 9.10. The monoisotopic (exact) mass is 342 g/mol. The summed E-state index contributed by atoms with van der Waals surface area (Å²) in [6, 6.07) is 9.02. The fourth-order valence-corrected chi connectivity index (χ4v) is 2.58. The van der Waals surface area contributed by atoms with Crippen LogP contribution >= 0.6 is 27.5 Å². The molecule has 19 heavy (non-hydrogen) atoms. The third-order valence-corrected chi connectivity index (χ3v) is 3.58. The van der Waals surface area contributed by atoms with Gasteiger partial charge in [-0.25, -0.2) is 4.39 Å². The molecule has 0 aliphatic carbocycles. The molecule has 0 bridgehead atoms. The molecule has 0 unspecified atom stereocenters. The highest BCUT2D eigenvalue weighted by atomic mass is 79.9. The first kappa shape index (κ1) is 14.0. The van der Waals surface area contributed by atoms with Crippen LogP contribution in [0.25, 0.3) is 0 Å². The lowest BCUT2D eigenvalue weighted by atomic mass is 10.0. The number of benzene rings is 2. The zero-order valence-electron chi connectivity index (χ0n) is 9.91. The Morgan fingerprint density at radius 2 is 2.05 bits per heavy atom. The summed E-state index contributed by atoms with van der Waals surface area (Å²) in [6.45, 7) is 0. The van der Waals surface area contributed by atoms with Gasteiger partial charge in [0.1, 0.15) is 0 Å². The molecule has 0 saturated carbocycles. The maximum atomic E-state index is 13.3. The Hall–Kier alpha value is -1.39. The van der Waals surface area contributed by atoms with Crippen molar-refractivity contribution in [3.05, 3.63) is 62.8 Å². The van der Waals surface area contributed by atoms with Crippen LogP contribution in [0.2, 0.25) is 5.02 Å². The first-order valence-electron chi connectivity index (χ1n) is 5.37. The normalized spacial score (nSPS) is 10.3. The molecule has 0 N–H and O–H groups in total. The first-order valence-corrected chi connectivity index (χ1v) is 6.54. The van der Waals surface area contributed by atoms with Crippen molar-refractivity contribution in [2.75, 3.05) is 7.11 Å². The van der Waals surface area contributed by atoms with Gasteiger partial charge in [-0.15, -0.1) is 0 Å². The standard InChI is InChI=1S/C14H9BrClFO2/c1-19-12-7-8(5-6-11(12)17)14(18)13-9(15)3-2-4-10(13)16/h2-7H,1H3. The SMILES string of the molecule is COc1cc(C(=O)c2c(Cl)cccc2Br)ccc1F. The maximum absolute atomic E-state index is 13.3. The van der Waals surface area contributed by atoms with Crippen LogP contribution in [-0.4, -0.2) is 12.9 Å². The van der Waals surface area contributed by atoms with Crippen LogP contribution in [0.1, 0.15) is 15.9 Å². The summed E-state index contributed by atoms with van der Waals surface area (Å²) in [7, 11) is 1.35. The summed E-state index contributed by atoms with van der Waals surface area (Å²) in [5.74, 6) is -0.790. The summed E-state index contributed by atoms with van der Waals surface area (Å²) in [5, 5.41) is 0.336. The van der Waals surface area contributed by atoms with Crippen molar-refractivity contribution in [1.82, 2.24) is 0 Å². The van der Waals surface area contributed by atoms with Gasteiger partial charge < -0.3 is 4.74 Å². The molecule has 2 nitrogen and oxygen atoms in total. The predicted octanol–water partition coefficient (Wildman–Crippen LogP) is 4.48. The summed E-state index contributed by atoms with van der Waals surface area (Å²) >= 11 is 9.31. The van der Waals surface area contributed by atoms with E-state index in [0.29, 0.717) is 20.6 Å². The molecule has 0 spiro atoms. The van der Waals surface area contributed by atoms with Gasteiger partial charge in [0.15, 0.2) is 17.3 Å². The summed E-state index contributed by atoms with van der Waals surface area (Å²) in [6.07, 6.45) is 0. The largest absolute Gasteiger partial charge is 0.494 e. The molecule has 2 rings (SSSR count). The number of ketones is 1. The Morgan fingerprint density at radius 1 is 1.32 bits per heavy atom. The Bertz CT molecular complexity index is 623. The lowest BCUT2D eigenvalue weighted by molar-refractivity contribution is 0.103. The van der Waals surface area contributed by atoms with Crippen LogP contribution in [0.5, 0.6) is 5.75 Å². The lowest BCUT2D eigenvalue weighted by Gasteiger charge is -2.08. The van der Waals surface area contributed by atoms with Gasteiger partial charge in [-0.1, -0.05) is 17.7 Å². The molecule has 0 amide bonds. The minimum absolute atomic E-state index is 0.0222. The number of hydrogen-bond acceptors (Lipinski definition) is 2. The minimum atomic E-state index is -0.516. The summed E-state index contributed by atoms with van der Waals surface area (Å²) < 4.78 is 18.8. The number of carbonyl (C=O) groups excluding carboxylic acids is 1. The van der Waals surface area contributed by atoms with Gasteiger partial charge in [-0.3, -0.25) is 4.79 Å². The van der Waals surface area contributed by atoms with Gasteiger partial charge in [0.2, 0.25) is 0 Å². The molecular weight excluding hydrogens is 335 g/mol. The van der Waals surface area contributed by atoms with E-state index in [4.69, 9.17) is 16.3 Å². The maximum Gasteiger partial charge on any atom is 0.195 e. The Labute approximate surface area is 123 Å². The number of ether oxygens (including phenoxy) is 1. The van der Waals surface area contributed by atoms with Gasteiger partial charge in [-0.05, 0) is 46.3 Å². The number of halogens is 3. The van der Waals surface area contributed by atoms with Crippen LogP contribution < -0.4 is 4.74 Å². The van der Waals surface area contributed by atoms with Crippen LogP contribution in [0.15, 0.2) is 40.9 Å². The van der Waals surface area contributed by atoms with Crippen LogP contribution in [-0.2, 0) is 0 Å². The third-order valence-electron chi connectivity index (χ3n) is 2.60. The molecule has 0 aliphatic rings. The van der Waals surface area contributed by atoms with E-state index in [-0.39, 0.29) is 11.5 Å². The fourth-order valence-electron chi connectivity index (χ4n) is 1.66. The average molecular weight is 344 g/mol. The third kappa shape index (κ3) is 2.80. The van der Waals surface area contributed by atoms with Crippen molar-refractivity contribution in [1.29, 1.82) is 0 Å². The van der Waals surface area contributed by atoms with Crippen molar-refractivity contribution < 1.29 is 13.9 Å². The average Bonchev–Trinajstić information content (AvgIpc) is 2.39. The molecule has 5 heteroatoms. The van der Waals surface area contributed by atoms with Crippen molar-refractivity contribution in [3.8, 4) is 5.75 Å². The second-order valence-corrected chi connectivity index (χ2v) is 5.04. The van der Waals surface area contributed by atoms with Crippen LogP contribution in [0.4, 0.5) is 4.39 Å². The molecule has 0 aromatic heterocycles. The molecule has 2 aromatic carbocycles. The molecule has 0 atom stereocenters. The smallest absolute Gasteiger partial charge is 0.195 e. The molecule has 0 fully saturated rings. The minimum Gasteiger partial charge on any atom is -0.494 e. The predicted molar refractivity (Wildman–Crippen MR) is 75.5 cm³/mol. The zero-order chi connectivity index (χ0) is 14.0. The van der Waals surface area contributed by atoms with E-state index in [2.05, 4.69) is 15.9 Å². The summed E-state index contributed by atoms with van der Waals surface area (Å²) in [4.78, 5) is 12.4. The number of rotatable bonds is 3. The number of carbonyl (C=O) groups is 1. The van der Waals surface area contributed by atoms with Gasteiger partial charge >= 0.3 is 0 Å². The Morgan fingerprint density at radius 3 is 2.68 bits per heavy atom. The number of methoxy groups -OCH3 is 1. The Balaban J connectivity index is 2.50. The van der Waals surface area contributed by atoms with Crippen LogP contribution in [0.3, 0.4) is 0 Å². The second-order valence-electron chi connectivity index (χ2n) is 3.78. The van der Waals surface area contributed by atoms with Gasteiger partial charge in [0, 0.05) is 10.0 Å². The highest BCUT2D eigenvalue weighted by Crippen LogP contribution is 2.28. The number of hydrogen-bond donors (Lipinski definition) is 0. The van der Waals surface area contributed by atoms with Crippen LogP contribution in [0, 0.1) is 5.82 Å². The quantitative estimate of drug-likeness (QED) is 0.768. The molecular formula is C14H9BrClFO2. The molecule has 0 radical (unpaired) electrons. The molecule has 0 saturated heterocycles. The van der Waals surface area contributed by atoms with Crippen molar-refractivity contribution in [2.24, 2.45) is 0 Å². The summed E-state index contributed by atoms with van der Waals surface area (Å²) in [5.41, 5.74) is 0.657. The van der Waals surface area contributed by atoms with Gasteiger partial charge in [-0.2, -0.15) is 0 Å². The highest BCUT2D eigenvalue weighted by Gasteiger charge is 2.17. The fraction of sp³-hybridized carbons (Fsp3) is 0.0714. The lowest BCUT2D eigenvalue weighted by Crippen LogP contribution is -2.04. The van der Waals surface area contributed by atoms with E-state index in [9.17, 15) is 9.18 Å².